The van der Waals surface area contributed by atoms with Crippen LogP contribution in [0.15, 0.2) is 48.5 Å². The molecule has 0 atom stereocenters. The molecular formula is C17H12Cl2N2O. The third kappa shape index (κ3) is 2.78. The third-order valence-electron chi connectivity index (χ3n) is 3.32. The van der Waals surface area contributed by atoms with Crippen molar-refractivity contribution in [3.05, 3.63) is 70.0 Å². The van der Waals surface area contributed by atoms with Crippen LogP contribution in [0.5, 0.6) is 0 Å². The zero-order valence-corrected chi connectivity index (χ0v) is 13.3. The van der Waals surface area contributed by atoms with Crippen LogP contribution >= 0.6 is 23.2 Å². The second-order valence-corrected chi connectivity index (χ2v) is 5.66. The van der Waals surface area contributed by atoms with Gasteiger partial charge in [-0.15, -0.1) is 0 Å². The molecule has 0 saturated heterocycles. The number of hydrogen-bond donors (Lipinski definition) is 0. The van der Waals surface area contributed by atoms with Crippen LogP contribution in [0.1, 0.15) is 16.2 Å². The number of fused-ring (bicyclic) bond motifs is 1. The van der Waals surface area contributed by atoms with Gasteiger partial charge in [-0.3, -0.25) is 9.36 Å². The molecule has 0 aliphatic heterocycles. The summed E-state index contributed by atoms with van der Waals surface area (Å²) in [5.41, 5.74) is 2.32. The molecule has 1 aromatic heterocycles. The van der Waals surface area contributed by atoms with Gasteiger partial charge in [0.2, 0.25) is 0 Å². The molecule has 0 amide bonds. The van der Waals surface area contributed by atoms with Gasteiger partial charge >= 0.3 is 0 Å². The summed E-state index contributed by atoms with van der Waals surface area (Å²) in [5.74, 6) is 0.482. The van der Waals surface area contributed by atoms with Crippen molar-refractivity contribution in [3.63, 3.8) is 0 Å². The molecule has 22 heavy (non-hydrogen) atoms. The highest BCUT2D eigenvalue weighted by Crippen LogP contribution is 2.22. The quantitative estimate of drug-likeness (QED) is 0.619. The number of carbonyl (C=O) groups excluding carboxylic acids is 1. The van der Waals surface area contributed by atoms with E-state index in [2.05, 4.69) is 4.98 Å². The van der Waals surface area contributed by atoms with Crippen LogP contribution in [0.3, 0.4) is 0 Å². The lowest BCUT2D eigenvalue weighted by atomic mass is 10.2. The van der Waals surface area contributed by atoms with Gasteiger partial charge in [0.25, 0.3) is 5.91 Å². The van der Waals surface area contributed by atoms with E-state index in [1.165, 1.54) is 6.08 Å². The largest absolute Gasteiger partial charge is 0.269 e. The number of halogens is 2. The second kappa shape index (κ2) is 5.95. The summed E-state index contributed by atoms with van der Waals surface area (Å²) >= 11 is 12.0. The molecule has 0 aliphatic rings. The molecule has 0 aliphatic carbocycles. The normalized spacial score (nSPS) is 11.4. The third-order valence-corrected chi connectivity index (χ3v) is 3.88. The minimum absolute atomic E-state index is 0.169. The van der Waals surface area contributed by atoms with E-state index in [9.17, 15) is 4.79 Å². The van der Waals surface area contributed by atoms with Crippen molar-refractivity contribution in [2.24, 2.45) is 0 Å². The van der Waals surface area contributed by atoms with Gasteiger partial charge in [-0.25, -0.2) is 4.98 Å². The van der Waals surface area contributed by atoms with E-state index in [0.29, 0.717) is 15.9 Å². The highest BCUT2D eigenvalue weighted by molar-refractivity contribution is 6.35. The van der Waals surface area contributed by atoms with Gasteiger partial charge in [0.15, 0.2) is 0 Å². The molecular weight excluding hydrogens is 319 g/mol. The first-order valence-electron chi connectivity index (χ1n) is 6.68. The Morgan fingerprint density at radius 2 is 1.95 bits per heavy atom. The van der Waals surface area contributed by atoms with Crippen molar-refractivity contribution < 1.29 is 4.79 Å². The Hall–Kier alpha value is -2.10. The molecule has 2 aromatic carbocycles. The second-order valence-electron chi connectivity index (χ2n) is 4.82. The summed E-state index contributed by atoms with van der Waals surface area (Å²) in [6, 6.07) is 12.7. The van der Waals surface area contributed by atoms with Crippen molar-refractivity contribution in [2.75, 3.05) is 0 Å². The highest BCUT2D eigenvalue weighted by atomic mass is 35.5. The smallest absolute Gasteiger partial charge is 0.256 e. The average molecular weight is 331 g/mol. The van der Waals surface area contributed by atoms with Crippen LogP contribution in [-0.4, -0.2) is 15.5 Å². The minimum Gasteiger partial charge on any atom is -0.269 e. The first-order valence-corrected chi connectivity index (χ1v) is 7.43. The number of aromatic nitrogens is 2. The predicted molar refractivity (Wildman–Crippen MR) is 90.6 cm³/mol. The molecule has 5 heteroatoms. The fraction of sp³-hybridized carbons (Fsp3) is 0.0588. The van der Waals surface area contributed by atoms with Gasteiger partial charge in [0.05, 0.1) is 11.0 Å². The molecule has 3 aromatic rings. The molecule has 0 unspecified atom stereocenters. The number of imidazole rings is 1. The maximum absolute atomic E-state index is 12.5. The molecule has 1 heterocycles. The monoisotopic (exact) mass is 330 g/mol. The number of benzene rings is 2. The van der Waals surface area contributed by atoms with E-state index < -0.39 is 0 Å². The predicted octanol–water partition coefficient (Wildman–Crippen LogP) is 5.01. The van der Waals surface area contributed by atoms with Crippen molar-refractivity contribution >= 4 is 46.2 Å². The number of allylic oxidation sites excluding steroid dienone is 1. The van der Waals surface area contributed by atoms with Gasteiger partial charge in [-0.05, 0) is 42.8 Å². The molecule has 0 spiro atoms. The van der Waals surface area contributed by atoms with Crippen LogP contribution in [-0.2, 0) is 0 Å². The zero-order valence-electron chi connectivity index (χ0n) is 11.8. The van der Waals surface area contributed by atoms with Crippen LogP contribution < -0.4 is 0 Å². The van der Waals surface area contributed by atoms with Gasteiger partial charge in [-0.1, -0.05) is 41.4 Å². The fourth-order valence-electron chi connectivity index (χ4n) is 2.30. The Labute approximate surface area is 137 Å². The molecule has 0 fully saturated rings. The molecule has 0 bridgehead atoms. The van der Waals surface area contributed by atoms with Crippen LogP contribution in [0.2, 0.25) is 10.0 Å². The number of rotatable bonds is 2. The average Bonchev–Trinajstić information content (AvgIpc) is 2.82. The Morgan fingerprint density at radius 3 is 2.73 bits per heavy atom. The first-order chi connectivity index (χ1) is 10.6. The lowest BCUT2D eigenvalue weighted by Gasteiger charge is -2.02. The lowest BCUT2D eigenvalue weighted by Crippen LogP contribution is -2.08. The number of hydrogen-bond acceptors (Lipinski definition) is 2. The summed E-state index contributed by atoms with van der Waals surface area (Å²) in [5, 5.41) is 1.06. The number of carbonyl (C=O) groups is 1. The summed E-state index contributed by atoms with van der Waals surface area (Å²) < 4.78 is 1.58. The standard InChI is InChI=1S/C17H12Cl2N2O/c1-11-20-15-4-2-3-5-16(15)21(11)17(22)9-7-12-6-8-13(18)10-14(12)19/h2-10H,1H3/b9-7+. The Balaban J connectivity index is 1.96. The Morgan fingerprint density at radius 1 is 1.18 bits per heavy atom. The van der Waals surface area contributed by atoms with E-state index in [1.54, 1.807) is 35.8 Å². The highest BCUT2D eigenvalue weighted by Gasteiger charge is 2.11. The maximum Gasteiger partial charge on any atom is 0.256 e. The molecule has 110 valence electrons. The Kier molecular flexibility index (Phi) is 4.01. The summed E-state index contributed by atoms with van der Waals surface area (Å²) in [7, 11) is 0. The maximum atomic E-state index is 12.5. The molecule has 0 saturated carbocycles. The molecule has 0 radical (unpaired) electrons. The number of para-hydroxylation sites is 2. The molecule has 3 rings (SSSR count). The van der Waals surface area contributed by atoms with E-state index in [-0.39, 0.29) is 5.91 Å². The van der Waals surface area contributed by atoms with Gasteiger partial charge in [-0.2, -0.15) is 0 Å². The van der Waals surface area contributed by atoms with Gasteiger partial charge in [0, 0.05) is 16.1 Å². The zero-order chi connectivity index (χ0) is 15.7. The molecule has 3 nitrogen and oxygen atoms in total. The summed E-state index contributed by atoms with van der Waals surface area (Å²) in [6.45, 7) is 1.81. The minimum atomic E-state index is -0.169. The lowest BCUT2D eigenvalue weighted by molar-refractivity contribution is 0.0972. The van der Waals surface area contributed by atoms with Crippen LogP contribution in [0.4, 0.5) is 0 Å². The number of aryl methyl sites for hydroxylation is 1. The summed E-state index contributed by atoms with van der Waals surface area (Å²) in [4.78, 5) is 16.8. The van der Waals surface area contributed by atoms with E-state index >= 15 is 0 Å². The van der Waals surface area contributed by atoms with Crippen molar-refractivity contribution in [2.45, 2.75) is 6.92 Å². The topological polar surface area (TPSA) is 34.9 Å². The van der Waals surface area contributed by atoms with Crippen molar-refractivity contribution in [3.8, 4) is 0 Å². The van der Waals surface area contributed by atoms with Gasteiger partial charge in [0.1, 0.15) is 5.82 Å². The van der Waals surface area contributed by atoms with Gasteiger partial charge < -0.3 is 0 Å². The van der Waals surface area contributed by atoms with E-state index in [0.717, 1.165) is 16.6 Å². The first kappa shape index (κ1) is 14.8. The number of nitrogens with zero attached hydrogens (tertiary/aromatic N) is 2. The van der Waals surface area contributed by atoms with Crippen LogP contribution in [0.25, 0.3) is 17.1 Å². The van der Waals surface area contributed by atoms with E-state index in [4.69, 9.17) is 23.2 Å². The Bertz CT molecular complexity index is 897. The fourth-order valence-corrected chi connectivity index (χ4v) is 2.77. The summed E-state index contributed by atoms with van der Waals surface area (Å²) in [6.07, 6.45) is 3.16. The van der Waals surface area contributed by atoms with Crippen LogP contribution in [0, 0.1) is 6.92 Å². The van der Waals surface area contributed by atoms with Crippen molar-refractivity contribution in [1.29, 1.82) is 0 Å². The van der Waals surface area contributed by atoms with E-state index in [1.807, 2.05) is 24.3 Å². The SMILES string of the molecule is Cc1nc2ccccc2n1C(=O)/C=C/c1ccc(Cl)cc1Cl. The van der Waals surface area contributed by atoms with Crippen molar-refractivity contribution in [1.82, 2.24) is 9.55 Å². The molecule has 0 N–H and O–H groups in total.